The highest BCUT2D eigenvalue weighted by Gasteiger charge is 2.17. The van der Waals surface area contributed by atoms with Gasteiger partial charge in [0, 0.05) is 6.54 Å². The third kappa shape index (κ3) is 5.15. The fourth-order valence-corrected chi connectivity index (χ4v) is 3.27. The van der Waals surface area contributed by atoms with E-state index in [-0.39, 0.29) is 0 Å². The molecule has 0 heterocycles. The van der Waals surface area contributed by atoms with Crippen LogP contribution in [0.4, 0.5) is 0 Å². The van der Waals surface area contributed by atoms with Crippen molar-refractivity contribution >= 4 is 5.96 Å². The van der Waals surface area contributed by atoms with Crippen molar-refractivity contribution in [2.24, 2.45) is 16.6 Å². The summed E-state index contributed by atoms with van der Waals surface area (Å²) in [7, 11) is 0. The second-order valence-electron chi connectivity index (χ2n) is 6.90. The molecule has 4 heteroatoms. The zero-order valence-corrected chi connectivity index (χ0v) is 14.0. The number of nitrogens with zero attached hydrogens (tertiary/aromatic N) is 1. The predicted octanol–water partition coefficient (Wildman–Crippen LogP) is 3.60. The molecule has 3 N–H and O–H groups in total. The summed E-state index contributed by atoms with van der Waals surface area (Å²) in [6, 6.07) is 8.26. The molecule has 0 saturated heterocycles. The molecule has 2 fully saturated rings. The minimum Gasteiger partial charge on any atom is -0.490 e. The van der Waals surface area contributed by atoms with Gasteiger partial charge >= 0.3 is 0 Å². The van der Waals surface area contributed by atoms with Crippen LogP contribution in [0.15, 0.2) is 29.3 Å². The molecule has 2 aliphatic rings. The number of nitrogens with two attached hydrogens (primary N) is 1. The maximum Gasteiger partial charge on any atom is 0.188 e. The van der Waals surface area contributed by atoms with Crippen molar-refractivity contribution in [1.29, 1.82) is 0 Å². The number of hydrogen-bond donors (Lipinski definition) is 2. The van der Waals surface area contributed by atoms with Crippen LogP contribution in [-0.2, 0) is 6.54 Å². The van der Waals surface area contributed by atoms with Gasteiger partial charge in [0.05, 0.1) is 12.6 Å². The lowest BCUT2D eigenvalue weighted by Gasteiger charge is -2.25. The molecule has 0 aromatic heterocycles. The molecule has 2 aliphatic carbocycles. The van der Waals surface area contributed by atoms with Crippen molar-refractivity contribution in [3.63, 3.8) is 0 Å². The first-order valence-electron chi connectivity index (χ1n) is 9.09. The summed E-state index contributed by atoms with van der Waals surface area (Å²) in [6.07, 6.45) is 10.7. The van der Waals surface area contributed by atoms with Crippen molar-refractivity contribution < 1.29 is 4.74 Å². The molecule has 126 valence electrons. The molecular formula is C19H29N3O. The first-order valence-corrected chi connectivity index (χ1v) is 9.09. The van der Waals surface area contributed by atoms with E-state index in [1.54, 1.807) is 0 Å². The smallest absolute Gasteiger partial charge is 0.188 e. The summed E-state index contributed by atoms with van der Waals surface area (Å²) in [5.41, 5.74) is 7.09. The van der Waals surface area contributed by atoms with E-state index in [1.165, 1.54) is 51.4 Å². The van der Waals surface area contributed by atoms with E-state index >= 15 is 0 Å². The SMILES string of the molecule is NC(=NCc1cccc(OC2CCCCC2)c1)NCC1CCC1. The van der Waals surface area contributed by atoms with Crippen LogP contribution in [0.1, 0.15) is 56.9 Å². The van der Waals surface area contributed by atoms with Crippen molar-refractivity contribution in [3.05, 3.63) is 29.8 Å². The lowest BCUT2D eigenvalue weighted by atomic mass is 9.85. The van der Waals surface area contributed by atoms with Crippen LogP contribution in [0.25, 0.3) is 0 Å². The number of ether oxygens (including phenoxy) is 1. The van der Waals surface area contributed by atoms with Gasteiger partial charge in [0.1, 0.15) is 5.75 Å². The normalized spacial score (nSPS) is 20.1. The molecule has 23 heavy (non-hydrogen) atoms. The van der Waals surface area contributed by atoms with Gasteiger partial charge in [0.2, 0.25) is 0 Å². The highest BCUT2D eigenvalue weighted by atomic mass is 16.5. The lowest BCUT2D eigenvalue weighted by molar-refractivity contribution is 0.155. The van der Waals surface area contributed by atoms with E-state index in [9.17, 15) is 0 Å². The summed E-state index contributed by atoms with van der Waals surface area (Å²) >= 11 is 0. The fourth-order valence-electron chi connectivity index (χ4n) is 3.27. The van der Waals surface area contributed by atoms with E-state index in [0.717, 1.165) is 23.8 Å². The molecule has 2 saturated carbocycles. The number of nitrogens with one attached hydrogen (secondary N) is 1. The Morgan fingerprint density at radius 1 is 1.13 bits per heavy atom. The average Bonchev–Trinajstić information content (AvgIpc) is 2.53. The van der Waals surface area contributed by atoms with Gasteiger partial charge in [-0.05, 0) is 62.1 Å². The molecule has 0 aliphatic heterocycles. The Morgan fingerprint density at radius 3 is 2.70 bits per heavy atom. The van der Waals surface area contributed by atoms with Crippen molar-refractivity contribution in [2.45, 2.75) is 64.0 Å². The lowest BCUT2D eigenvalue weighted by Crippen LogP contribution is -2.37. The number of benzene rings is 1. The van der Waals surface area contributed by atoms with Crippen LogP contribution in [0.2, 0.25) is 0 Å². The van der Waals surface area contributed by atoms with Gasteiger partial charge in [-0.2, -0.15) is 0 Å². The quantitative estimate of drug-likeness (QED) is 0.623. The maximum absolute atomic E-state index is 6.11. The Morgan fingerprint density at radius 2 is 1.96 bits per heavy atom. The van der Waals surface area contributed by atoms with Crippen molar-refractivity contribution in [1.82, 2.24) is 5.32 Å². The zero-order chi connectivity index (χ0) is 15.9. The van der Waals surface area contributed by atoms with Gasteiger partial charge in [0.15, 0.2) is 5.96 Å². The van der Waals surface area contributed by atoms with Gasteiger partial charge in [-0.3, -0.25) is 0 Å². The van der Waals surface area contributed by atoms with E-state index in [1.807, 2.05) is 12.1 Å². The van der Waals surface area contributed by atoms with Crippen LogP contribution in [0, 0.1) is 5.92 Å². The summed E-state index contributed by atoms with van der Waals surface area (Å²) in [6.45, 7) is 1.56. The third-order valence-electron chi connectivity index (χ3n) is 4.98. The molecule has 0 radical (unpaired) electrons. The molecule has 0 amide bonds. The standard InChI is InChI=1S/C19H29N3O/c20-19(21-13-15-6-4-7-15)22-14-16-8-5-11-18(12-16)23-17-9-2-1-3-10-17/h5,8,11-12,15,17H,1-4,6-7,9-10,13-14H2,(H3,20,21,22). The van der Waals surface area contributed by atoms with Crippen LogP contribution in [-0.4, -0.2) is 18.6 Å². The summed E-state index contributed by atoms with van der Waals surface area (Å²) in [5, 5.41) is 3.23. The average molecular weight is 315 g/mol. The number of rotatable bonds is 6. The Kier molecular flexibility index (Phi) is 5.78. The van der Waals surface area contributed by atoms with E-state index in [0.29, 0.717) is 18.6 Å². The van der Waals surface area contributed by atoms with E-state index in [2.05, 4.69) is 22.4 Å². The summed E-state index contributed by atoms with van der Waals surface area (Å²) < 4.78 is 6.11. The predicted molar refractivity (Wildman–Crippen MR) is 94.6 cm³/mol. The molecule has 0 unspecified atom stereocenters. The van der Waals surface area contributed by atoms with Crippen molar-refractivity contribution in [2.75, 3.05) is 6.54 Å². The van der Waals surface area contributed by atoms with Crippen molar-refractivity contribution in [3.8, 4) is 5.75 Å². The van der Waals surface area contributed by atoms with Crippen LogP contribution in [0.5, 0.6) is 5.75 Å². The molecule has 0 atom stereocenters. The Bertz CT molecular complexity index is 519. The van der Waals surface area contributed by atoms with E-state index < -0.39 is 0 Å². The van der Waals surface area contributed by atoms with Gasteiger partial charge < -0.3 is 15.8 Å². The minimum atomic E-state index is 0.386. The van der Waals surface area contributed by atoms with Crippen LogP contribution < -0.4 is 15.8 Å². The highest BCUT2D eigenvalue weighted by Crippen LogP contribution is 2.25. The molecule has 1 aromatic rings. The monoisotopic (exact) mass is 315 g/mol. The molecule has 3 rings (SSSR count). The van der Waals surface area contributed by atoms with Gasteiger partial charge in [0.25, 0.3) is 0 Å². The first kappa shape index (κ1) is 16.2. The van der Waals surface area contributed by atoms with Gasteiger partial charge in [-0.25, -0.2) is 4.99 Å². The zero-order valence-electron chi connectivity index (χ0n) is 14.0. The summed E-state index contributed by atoms with van der Waals surface area (Å²) in [5.74, 6) is 2.30. The number of aliphatic imine (C=N–C) groups is 1. The maximum atomic E-state index is 6.11. The largest absolute Gasteiger partial charge is 0.490 e. The third-order valence-corrected chi connectivity index (χ3v) is 4.98. The highest BCUT2D eigenvalue weighted by molar-refractivity contribution is 5.77. The molecular weight excluding hydrogens is 286 g/mol. The molecule has 0 spiro atoms. The molecule has 4 nitrogen and oxygen atoms in total. The number of guanidine groups is 1. The Balaban J connectivity index is 1.47. The second-order valence-corrected chi connectivity index (χ2v) is 6.90. The topological polar surface area (TPSA) is 59.6 Å². The van der Waals surface area contributed by atoms with Crippen LogP contribution >= 0.6 is 0 Å². The van der Waals surface area contributed by atoms with Crippen LogP contribution in [0.3, 0.4) is 0 Å². The van der Waals surface area contributed by atoms with E-state index in [4.69, 9.17) is 10.5 Å². The Hall–Kier alpha value is -1.71. The molecule has 0 bridgehead atoms. The minimum absolute atomic E-state index is 0.386. The first-order chi connectivity index (χ1) is 11.3. The Labute approximate surface area is 139 Å². The summed E-state index contributed by atoms with van der Waals surface area (Å²) in [4.78, 5) is 4.44. The molecule has 1 aromatic carbocycles. The van der Waals surface area contributed by atoms with Gasteiger partial charge in [-0.1, -0.05) is 25.0 Å². The number of hydrogen-bond acceptors (Lipinski definition) is 2. The fraction of sp³-hybridized carbons (Fsp3) is 0.632. The second kappa shape index (κ2) is 8.23. The van der Waals surface area contributed by atoms with Gasteiger partial charge in [-0.15, -0.1) is 0 Å².